The van der Waals surface area contributed by atoms with Crippen LogP contribution in [0, 0.1) is 0 Å². The Labute approximate surface area is 163 Å². The molecule has 27 heavy (non-hydrogen) atoms. The number of sulfonamides is 1. The maximum absolute atomic E-state index is 13.1. The van der Waals surface area contributed by atoms with Gasteiger partial charge in [-0.3, -0.25) is 9.10 Å². The van der Waals surface area contributed by atoms with Gasteiger partial charge in [0.2, 0.25) is 0 Å². The van der Waals surface area contributed by atoms with Gasteiger partial charge in [-0.2, -0.15) is 0 Å². The molecule has 2 aromatic rings. The first-order valence-corrected chi connectivity index (χ1v) is 9.77. The minimum Gasteiger partial charge on any atom is -0.491 e. The molecule has 0 atom stereocenters. The van der Waals surface area contributed by atoms with Gasteiger partial charge in [0.15, 0.2) is 0 Å². The topological polar surface area (TPSA) is 82.1 Å². The zero-order valence-electron chi connectivity index (χ0n) is 14.9. The molecular weight excluding hydrogens is 394 g/mol. The number of ether oxygens (including phenoxy) is 3. The molecule has 0 aromatic heterocycles. The second-order valence-corrected chi connectivity index (χ2v) is 7.68. The van der Waals surface area contributed by atoms with Crippen molar-refractivity contribution in [1.29, 1.82) is 0 Å². The lowest BCUT2D eigenvalue weighted by Crippen LogP contribution is -2.36. The molecular formula is C18H20ClNO6S. The lowest BCUT2D eigenvalue weighted by atomic mass is 10.3. The Bertz CT molecular complexity index is 852. The van der Waals surface area contributed by atoms with Crippen molar-refractivity contribution in [1.82, 2.24) is 0 Å². The smallest absolute Gasteiger partial charge is 0.326 e. The van der Waals surface area contributed by atoms with E-state index in [1.165, 1.54) is 31.4 Å². The van der Waals surface area contributed by atoms with E-state index in [4.69, 9.17) is 21.1 Å². The van der Waals surface area contributed by atoms with E-state index in [-0.39, 0.29) is 4.90 Å². The zero-order valence-corrected chi connectivity index (χ0v) is 16.5. The number of rotatable bonds is 9. The average molecular weight is 414 g/mol. The van der Waals surface area contributed by atoms with Crippen LogP contribution in [0.5, 0.6) is 5.75 Å². The second-order valence-electron chi connectivity index (χ2n) is 5.38. The molecule has 0 unspecified atom stereocenters. The molecule has 0 amide bonds. The molecule has 0 saturated carbocycles. The van der Waals surface area contributed by atoms with Crippen molar-refractivity contribution in [2.75, 3.05) is 38.3 Å². The van der Waals surface area contributed by atoms with Gasteiger partial charge in [0, 0.05) is 12.1 Å². The summed E-state index contributed by atoms with van der Waals surface area (Å²) in [5.41, 5.74) is 0.297. The Morgan fingerprint density at radius 2 is 1.63 bits per heavy atom. The Morgan fingerprint density at radius 3 is 2.19 bits per heavy atom. The van der Waals surface area contributed by atoms with Crippen LogP contribution in [0.3, 0.4) is 0 Å². The third kappa shape index (κ3) is 5.59. The molecule has 0 radical (unpaired) electrons. The predicted molar refractivity (Wildman–Crippen MR) is 102 cm³/mol. The summed E-state index contributed by atoms with van der Waals surface area (Å²) < 4.78 is 42.1. The number of methoxy groups -OCH3 is 2. The van der Waals surface area contributed by atoms with Crippen LogP contribution in [0.15, 0.2) is 53.4 Å². The predicted octanol–water partition coefficient (Wildman–Crippen LogP) is 2.73. The van der Waals surface area contributed by atoms with Crippen LogP contribution in [-0.2, 0) is 24.3 Å². The quantitative estimate of drug-likeness (QED) is 0.464. The van der Waals surface area contributed by atoms with Crippen molar-refractivity contribution < 1.29 is 27.4 Å². The van der Waals surface area contributed by atoms with Crippen LogP contribution in [0.2, 0.25) is 5.02 Å². The molecule has 146 valence electrons. The molecule has 0 fully saturated rings. The SMILES string of the molecule is COCCOc1ccc(S(=O)(=O)N(CC(=O)OC)c2ccc(Cl)cc2)cc1. The lowest BCUT2D eigenvalue weighted by molar-refractivity contribution is -0.138. The summed E-state index contributed by atoms with van der Waals surface area (Å²) in [6, 6.07) is 12.0. The molecule has 0 aliphatic rings. The molecule has 9 heteroatoms. The third-order valence-electron chi connectivity index (χ3n) is 3.58. The molecule has 0 bridgehead atoms. The highest BCUT2D eigenvalue weighted by Gasteiger charge is 2.27. The van der Waals surface area contributed by atoms with Crippen LogP contribution < -0.4 is 9.04 Å². The van der Waals surface area contributed by atoms with Gasteiger partial charge in [0.1, 0.15) is 18.9 Å². The Morgan fingerprint density at radius 1 is 1.00 bits per heavy atom. The fourth-order valence-electron chi connectivity index (χ4n) is 2.18. The van der Waals surface area contributed by atoms with Crippen LogP contribution in [0.4, 0.5) is 5.69 Å². The largest absolute Gasteiger partial charge is 0.491 e. The maximum atomic E-state index is 13.1. The van der Waals surface area contributed by atoms with Crippen molar-refractivity contribution in [3.63, 3.8) is 0 Å². The number of hydrogen-bond donors (Lipinski definition) is 0. The lowest BCUT2D eigenvalue weighted by Gasteiger charge is -2.23. The van der Waals surface area contributed by atoms with Gasteiger partial charge in [-0.25, -0.2) is 8.42 Å². The first kappa shape index (κ1) is 21.0. The Hall–Kier alpha value is -2.29. The van der Waals surface area contributed by atoms with E-state index in [0.717, 1.165) is 4.31 Å². The van der Waals surface area contributed by atoms with Gasteiger partial charge in [0.25, 0.3) is 10.0 Å². The van der Waals surface area contributed by atoms with E-state index in [9.17, 15) is 13.2 Å². The Balaban J connectivity index is 2.32. The standard InChI is InChI=1S/C18H20ClNO6S/c1-24-11-12-26-16-7-9-17(10-8-16)27(22,23)20(13-18(21)25-2)15-5-3-14(19)4-6-15/h3-10H,11-13H2,1-2H3. The number of halogens is 1. The van der Waals surface area contributed by atoms with Gasteiger partial charge >= 0.3 is 5.97 Å². The van der Waals surface area contributed by atoms with Gasteiger partial charge < -0.3 is 14.2 Å². The van der Waals surface area contributed by atoms with Crippen molar-refractivity contribution in [3.8, 4) is 5.75 Å². The summed E-state index contributed by atoms with van der Waals surface area (Å²) in [5.74, 6) is -0.176. The first-order chi connectivity index (χ1) is 12.9. The van der Waals surface area contributed by atoms with E-state index >= 15 is 0 Å². The number of carbonyl (C=O) groups is 1. The molecule has 0 aliphatic heterocycles. The normalized spacial score (nSPS) is 11.1. The number of esters is 1. The van der Waals surface area contributed by atoms with Crippen molar-refractivity contribution in [3.05, 3.63) is 53.6 Å². The summed E-state index contributed by atoms with van der Waals surface area (Å²) in [4.78, 5) is 11.8. The molecule has 0 N–H and O–H groups in total. The zero-order chi connectivity index (χ0) is 19.9. The molecule has 2 rings (SSSR count). The maximum Gasteiger partial charge on any atom is 0.326 e. The minimum atomic E-state index is -4.00. The van der Waals surface area contributed by atoms with E-state index in [0.29, 0.717) is 29.7 Å². The van der Waals surface area contributed by atoms with Gasteiger partial charge in [-0.15, -0.1) is 0 Å². The van der Waals surface area contributed by atoms with Gasteiger partial charge in [0.05, 0.1) is 24.3 Å². The minimum absolute atomic E-state index is 0.0143. The van der Waals surface area contributed by atoms with Crippen molar-refractivity contribution in [2.24, 2.45) is 0 Å². The van der Waals surface area contributed by atoms with E-state index in [2.05, 4.69) is 4.74 Å². The Kier molecular flexibility index (Phi) is 7.46. The van der Waals surface area contributed by atoms with Gasteiger partial charge in [-0.05, 0) is 48.5 Å². The van der Waals surface area contributed by atoms with Crippen LogP contribution in [0.25, 0.3) is 0 Å². The average Bonchev–Trinajstić information content (AvgIpc) is 2.67. The number of anilines is 1. The van der Waals surface area contributed by atoms with E-state index in [1.54, 1.807) is 31.4 Å². The van der Waals surface area contributed by atoms with Crippen molar-refractivity contribution in [2.45, 2.75) is 4.90 Å². The molecule has 7 nitrogen and oxygen atoms in total. The number of nitrogens with zero attached hydrogens (tertiary/aromatic N) is 1. The fraction of sp³-hybridized carbons (Fsp3) is 0.278. The first-order valence-electron chi connectivity index (χ1n) is 7.95. The summed E-state index contributed by atoms with van der Waals surface area (Å²) >= 11 is 5.87. The monoisotopic (exact) mass is 413 g/mol. The molecule has 0 aliphatic carbocycles. The summed E-state index contributed by atoms with van der Waals surface area (Å²) in [6.07, 6.45) is 0. The van der Waals surface area contributed by atoms with Crippen molar-refractivity contribution >= 4 is 33.3 Å². The highest BCUT2D eigenvalue weighted by Crippen LogP contribution is 2.26. The molecule has 2 aromatic carbocycles. The van der Waals surface area contributed by atoms with Crippen LogP contribution >= 0.6 is 11.6 Å². The molecule has 0 spiro atoms. The third-order valence-corrected chi connectivity index (χ3v) is 5.62. The highest BCUT2D eigenvalue weighted by molar-refractivity contribution is 7.92. The van der Waals surface area contributed by atoms with E-state index < -0.39 is 22.5 Å². The summed E-state index contributed by atoms with van der Waals surface area (Å²) in [7, 11) is -1.25. The number of carbonyl (C=O) groups excluding carboxylic acids is 1. The van der Waals surface area contributed by atoms with Gasteiger partial charge in [-0.1, -0.05) is 11.6 Å². The van der Waals surface area contributed by atoms with Crippen LogP contribution in [-0.4, -0.2) is 48.4 Å². The number of hydrogen-bond acceptors (Lipinski definition) is 6. The second kappa shape index (κ2) is 9.59. The molecule has 0 saturated heterocycles. The van der Waals surface area contributed by atoms with E-state index in [1.807, 2.05) is 0 Å². The summed E-state index contributed by atoms with van der Waals surface area (Å²) in [5, 5.41) is 0.451. The number of benzene rings is 2. The van der Waals surface area contributed by atoms with Crippen LogP contribution in [0.1, 0.15) is 0 Å². The fourth-order valence-corrected chi connectivity index (χ4v) is 3.72. The summed E-state index contributed by atoms with van der Waals surface area (Å²) in [6.45, 7) is 0.303. The molecule has 0 heterocycles. The highest BCUT2D eigenvalue weighted by atomic mass is 35.5.